The molecular formula is H19INa2O10S. The molecule has 0 radical (unpaired) electrons. The Morgan fingerprint density at radius 1 is 0.714 bits per heavy atom. The van der Waals surface area contributed by atoms with Crippen LogP contribution in [0.25, 0.3) is 0 Å². The van der Waals surface area contributed by atoms with Crippen LogP contribution in [-0.2, 0) is 11.4 Å². The average molecular weight is 384 g/mol. The number of halogens is 1. The molecule has 0 aromatic carbocycles. The fraction of sp³-hybridized carbons (Fsp3) is 0. The number of hydrogen-bond acceptors (Lipinski definition) is 1. The molecule has 0 unspecified atom stereocenters. The quantitative estimate of drug-likeness (QED) is 0.234. The van der Waals surface area contributed by atoms with E-state index in [4.69, 9.17) is 13.3 Å². The zero-order valence-electron chi connectivity index (χ0n) is 9.62. The first-order chi connectivity index (χ1) is 1.73. The zero-order chi connectivity index (χ0) is 3.58. The van der Waals surface area contributed by atoms with Crippen molar-refractivity contribution in [3.8, 4) is 0 Å². The van der Waals surface area contributed by atoms with Crippen LogP contribution in [0.5, 0.6) is 0 Å². The van der Waals surface area contributed by atoms with E-state index < -0.39 is 11.4 Å². The second-order valence-corrected chi connectivity index (χ2v) is 0.692. The van der Waals surface area contributed by atoms with E-state index in [0.29, 0.717) is 0 Å². The van der Waals surface area contributed by atoms with E-state index in [1.54, 1.807) is 0 Å². The molecule has 94 valence electrons. The number of rotatable bonds is 0. The van der Waals surface area contributed by atoms with Gasteiger partial charge in [-0.15, -0.1) is 24.0 Å². The Morgan fingerprint density at radius 2 is 0.714 bits per heavy atom. The Hall–Kier alpha value is 2.52. The van der Waals surface area contributed by atoms with Gasteiger partial charge in [-0.2, -0.15) is 4.21 Å². The van der Waals surface area contributed by atoms with Gasteiger partial charge in [0, 0.05) is 0 Å². The second kappa shape index (κ2) is 107. The monoisotopic (exact) mass is 384 g/mol. The summed E-state index contributed by atoms with van der Waals surface area (Å²) in [5, 5.41) is 0. The molecule has 0 atom stereocenters. The number of hydrogen-bond donors (Lipinski definition) is 2. The van der Waals surface area contributed by atoms with Crippen LogP contribution in [0.1, 0.15) is 2.85 Å². The minimum atomic E-state index is -2.61. The van der Waals surface area contributed by atoms with Gasteiger partial charge in [0.15, 0.2) is 0 Å². The first-order valence-electron chi connectivity index (χ1n) is 0.532. The van der Waals surface area contributed by atoms with Crippen LogP contribution >= 0.6 is 24.0 Å². The van der Waals surface area contributed by atoms with Crippen molar-refractivity contribution in [2.75, 3.05) is 0 Å². The molecule has 14 heavy (non-hydrogen) atoms. The molecular weight excluding hydrogens is 365 g/mol. The fourth-order valence-electron chi connectivity index (χ4n) is 0. The van der Waals surface area contributed by atoms with Crippen molar-refractivity contribution >= 4 is 35.3 Å². The van der Waals surface area contributed by atoms with Crippen LogP contribution < -0.4 is 59.1 Å². The summed E-state index contributed by atoms with van der Waals surface area (Å²) >= 11 is -2.61. The Bertz CT molecular complexity index is 49.8. The van der Waals surface area contributed by atoms with E-state index >= 15 is 0 Å². The van der Waals surface area contributed by atoms with E-state index in [1.807, 2.05) is 0 Å². The topological polar surface area (TPSA) is 278 Å². The summed E-state index contributed by atoms with van der Waals surface area (Å²) in [6.45, 7) is 0. The van der Waals surface area contributed by atoms with Crippen molar-refractivity contribution < 1.29 is 114 Å². The van der Waals surface area contributed by atoms with Crippen LogP contribution in [0.15, 0.2) is 0 Å². The van der Waals surface area contributed by atoms with Crippen LogP contribution in [0, 0.1) is 0 Å². The van der Waals surface area contributed by atoms with Crippen molar-refractivity contribution in [1.82, 2.24) is 0 Å². The van der Waals surface area contributed by atoms with E-state index in [1.165, 1.54) is 0 Å². The molecule has 0 aliphatic rings. The molecule has 0 spiro atoms. The fourth-order valence-corrected chi connectivity index (χ4v) is 0. The molecule has 0 saturated heterocycles. The maximum Gasteiger partial charge on any atom is 1.00 e. The van der Waals surface area contributed by atoms with E-state index in [9.17, 15) is 0 Å². The van der Waals surface area contributed by atoms with Gasteiger partial charge in [-0.3, -0.25) is 9.11 Å². The molecule has 10 nitrogen and oxygen atoms in total. The molecule has 0 aromatic rings. The molecule has 0 bridgehead atoms. The summed E-state index contributed by atoms with van der Waals surface area (Å²) in [4.78, 5) is 0. The largest absolute Gasteiger partial charge is 1.00 e. The van der Waals surface area contributed by atoms with Gasteiger partial charge in [0.2, 0.25) is 0 Å². The Balaban J connectivity index is -0.000000000682. The van der Waals surface area contributed by atoms with Gasteiger partial charge in [-0.05, 0) is 0 Å². The van der Waals surface area contributed by atoms with Crippen molar-refractivity contribution in [2.24, 2.45) is 0 Å². The summed E-state index contributed by atoms with van der Waals surface area (Å²) in [6.07, 6.45) is 0. The third-order valence-corrected chi connectivity index (χ3v) is 0. The standard InChI is InChI=1S/HI.2Na.H2O3S.7H2O.2H/c;;;1-4(2)3;;;;;;;;;/h1H;;;(H2,1,2,3);7*1H2;;/q;2*+1;;;;;;;;;2*-1. The maximum absolute atomic E-state index is 8.67. The second-order valence-electron chi connectivity index (χ2n) is 0.231. The summed E-state index contributed by atoms with van der Waals surface area (Å²) < 4.78 is 22.8. The van der Waals surface area contributed by atoms with Gasteiger partial charge in [0.05, 0.1) is 0 Å². The maximum atomic E-state index is 8.67. The molecule has 0 amide bonds. The minimum absolute atomic E-state index is 0. The smallest absolute Gasteiger partial charge is 1.00 e. The molecule has 0 saturated carbocycles. The van der Waals surface area contributed by atoms with Crippen LogP contribution in [0.3, 0.4) is 0 Å². The van der Waals surface area contributed by atoms with E-state index in [0.717, 1.165) is 0 Å². The van der Waals surface area contributed by atoms with Gasteiger partial charge in [-0.1, -0.05) is 0 Å². The van der Waals surface area contributed by atoms with Gasteiger partial charge < -0.3 is 41.2 Å². The molecule has 0 aliphatic carbocycles. The molecule has 14 heteroatoms. The molecule has 0 fully saturated rings. The molecule has 0 heterocycles. The van der Waals surface area contributed by atoms with Crippen LogP contribution in [0.4, 0.5) is 0 Å². The summed E-state index contributed by atoms with van der Waals surface area (Å²) in [5.41, 5.74) is 0. The Kier molecular flexibility index (Phi) is 1000. The SMILES string of the molecule is I.O.O.O.O.O.O.O.O=S(O)O.[H-].[H-].[Na+].[Na+]. The summed E-state index contributed by atoms with van der Waals surface area (Å²) in [5.74, 6) is 0. The first kappa shape index (κ1) is 131. The predicted molar refractivity (Wildman–Crippen MR) is 56.3 cm³/mol. The van der Waals surface area contributed by atoms with Gasteiger partial charge in [0.1, 0.15) is 0 Å². The molecule has 0 aromatic heterocycles. The van der Waals surface area contributed by atoms with Gasteiger partial charge >= 0.3 is 59.1 Å². The Morgan fingerprint density at radius 3 is 0.714 bits per heavy atom. The van der Waals surface area contributed by atoms with E-state index in [-0.39, 0.29) is 124 Å². The van der Waals surface area contributed by atoms with Crippen molar-refractivity contribution in [3.63, 3.8) is 0 Å². The molecule has 16 N–H and O–H groups in total. The van der Waals surface area contributed by atoms with Crippen molar-refractivity contribution in [3.05, 3.63) is 0 Å². The molecule has 0 aliphatic heterocycles. The predicted octanol–water partition coefficient (Wildman–Crippen LogP) is -11.2. The minimum Gasteiger partial charge on any atom is -1.00 e. The van der Waals surface area contributed by atoms with Gasteiger partial charge in [0.25, 0.3) is 11.4 Å². The third kappa shape index (κ3) is 418. The molecule has 0 rings (SSSR count). The van der Waals surface area contributed by atoms with E-state index in [2.05, 4.69) is 0 Å². The van der Waals surface area contributed by atoms with Crippen molar-refractivity contribution in [2.45, 2.75) is 0 Å². The zero-order valence-corrected chi connectivity index (χ0v) is 14.8. The first-order valence-corrected chi connectivity index (χ1v) is 1.60. The van der Waals surface area contributed by atoms with Crippen LogP contribution in [0.2, 0.25) is 0 Å². The summed E-state index contributed by atoms with van der Waals surface area (Å²) in [7, 11) is 0. The van der Waals surface area contributed by atoms with Crippen LogP contribution in [-0.4, -0.2) is 51.6 Å². The van der Waals surface area contributed by atoms with Gasteiger partial charge in [-0.25, -0.2) is 0 Å². The van der Waals surface area contributed by atoms with Crippen molar-refractivity contribution in [1.29, 1.82) is 0 Å². The third-order valence-electron chi connectivity index (χ3n) is 0. The average Bonchev–Trinajstić information content (AvgIpc) is 0.811. The summed E-state index contributed by atoms with van der Waals surface area (Å²) in [6, 6.07) is 0. The normalized spacial score (nSPS) is 2.50. The Labute approximate surface area is 147 Å².